The zero-order valence-electron chi connectivity index (χ0n) is 13.2. The molecule has 2 aromatic heterocycles. The Balaban J connectivity index is 1.82. The summed E-state index contributed by atoms with van der Waals surface area (Å²) < 4.78 is 7.88. The van der Waals surface area contributed by atoms with Gasteiger partial charge in [0.15, 0.2) is 0 Å². The molecular formula is C17H17Cl2N3O. The molecule has 0 aliphatic carbocycles. The molecule has 4 nitrogen and oxygen atoms in total. The molecule has 0 unspecified atom stereocenters. The zero-order valence-corrected chi connectivity index (χ0v) is 14.7. The van der Waals surface area contributed by atoms with Crippen molar-refractivity contribution in [3.05, 3.63) is 52.3 Å². The minimum atomic E-state index is -0.232. The number of nitrogens with zero attached hydrogens (tertiary/aromatic N) is 3. The molecule has 0 saturated carbocycles. The highest BCUT2D eigenvalue weighted by Crippen LogP contribution is 2.30. The first kappa shape index (κ1) is 16.1. The Kier molecular flexibility index (Phi) is 4.21. The molecule has 0 amide bonds. The van der Waals surface area contributed by atoms with Gasteiger partial charge in [-0.2, -0.15) is 4.98 Å². The molecule has 3 aromatic rings. The standard InChI is InChI=1S/C17H17Cl2N3O/c1-17(2,11-4-5-12(18)13(19)8-11)10-23-16-21-14-9-20-7-6-15(14)22(16)3/h4-9H,10H2,1-3H3. The van der Waals surface area contributed by atoms with Crippen molar-refractivity contribution in [3.63, 3.8) is 0 Å². The van der Waals surface area contributed by atoms with E-state index in [2.05, 4.69) is 23.8 Å². The third-order valence-corrected chi connectivity index (χ3v) is 4.64. The van der Waals surface area contributed by atoms with E-state index in [0.717, 1.165) is 16.6 Å². The van der Waals surface area contributed by atoms with Crippen LogP contribution < -0.4 is 4.74 Å². The van der Waals surface area contributed by atoms with E-state index in [4.69, 9.17) is 27.9 Å². The van der Waals surface area contributed by atoms with Gasteiger partial charge in [-0.25, -0.2) is 0 Å². The predicted molar refractivity (Wildman–Crippen MR) is 93.5 cm³/mol. The van der Waals surface area contributed by atoms with Gasteiger partial charge in [-0.15, -0.1) is 0 Å². The topological polar surface area (TPSA) is 39.9 Å². The van der Waals surface area contributed by atoms with Gasteiger partial charge in [0.2, 0.25) is 0 Å². The maximum absolute atomic E-state index is 6.12. The second kappa shape index (κ2) is 6.02. The fraction of sp³-hybridized carbons (Fsp3) is 0.294. The minimum absolute atomic E-state index is 0.232. The van der Waals surface area contributed by atoms with E-state index < -0.39 is 0 Å². The number of pyridine rings is 1. The summed E-state index contributed by atoms with van der Waals surface area (Å²) in [7, 11) is 1.93. The maximum atomic E-state index is 6.12. The normalized spacial score (nSPS) is 11.9. The summed E-state index contributed by atoms with van der Waals surface area (Å²) in [5.74, 6) is 0. The number of aryl methyl sites for hydroxylation is 1. The Morgan fingerprint density at radius 3 is 2.65 bits per heavy atom. The monoisotopic (exact) mass is 349 g/mol. The lowest BCUT2D eigenvalue weighted by Gasteiger charge is -2.25. The van der Waals surface area contributed by atoms with E-state index in [0.29, 0.717) is 22.7 Å². The van der Waals surface area contributed by atoms with Gasteiger partial charge in [0.25, 0.3) is 6.01 Å². The van der Waals surface area contributed by atoms with Crippen LogP contribution in [0.25, 0.3) is 11.0 Å². The van der Waals surface area contributed by atoms with E-state index in [1.165, 1.54) is 0 Å². The highest BCUT2D eigenvalue weighted by Gasteiger charge is 2.23. The van der Waals surface area contributed by atoms with Crippen LogP contribution in [-0.2, 0) is 12.5 Å². The Bertz CT molecular complexity index is 858. The third kappa shape index (κ3) is 3.14. The number of hydrogen-bond acceptors (Lipinski definition) is 3. The lowest BCUT2D eigenvalue weighted by Crippen LogP contribution is -2.27. The van der Waals surface area contributed by atoms with E-state index in [-0.39, 0.29) is 5.41 Å². The summed E-state index contributed by atoms with van der Waals surface area (Å²) in [5, 5.41) is 1.10. The molecule has 3 rings (SSSR count). The molecule has 0 radical (unpaired) electrons. The van der Waals surface area contributed by atoms with Gasteiger partial charge in [-0.05, 0) is 23.8 Å². The molecule has 0 saturated heterocycles. The van der Waals surface area contributed by atoms with Crippen molar-refractivity contribution in [3.8, 4) is 6.01 Å². The van der Waals surface area contributed by atoms with Gasteiger partial charge in [-0.3, -0.25) is 9.55 Å². The van der Waals surface area contributed by atoms with Gasteiger partial charge in [0, 0.05) is 18.7 Å². The van der Waals surface area contributed by atoms with Crippen LogP contribution in [0.15, 0.2) is 36.7 Å². The summed E-state index contributed by atoms with van der Waals surface area (Å²) in [6.07, 6.45) is 3.47. The van der Waals surface area contributed by atoms with Gasteiger partial charge < -0.3 is 4.74 Å². The molecule has 23 heavy (non-hydrogen) atoms. The molecule has 0 fully saturated rings. The summed E-state index contributed by atoms with van der Waals surface area (Å²) in [6.45, 7) is 4.66. The van der Waals surface area contributed by atoms with Crippen LogP contribution in [0.3, 0.4) is 0 Å². The van der Waals surface area contributed by atoms with Crippen LogP contribution in [0.5, 0.6) is 6.01 Å². The first-order valence-corrected chi connectivity index (χ1v) is 7.99. The summed E-state index contributed by atoms with van der Waals surface area (Å²) in [5.41, 5.74) is 2.64. The van der Waals surface area contributed by atoms with E-state index in [1.54, 1.807) is 12.4 Å². The lowest BCUT2D eigenvalue weighted by molar-refractivity contribution is 0.219. The molecular weight excluding hydrogens is 333 g/mol. The quantitative estimate of drug-likeness (QED) is 0.689. The fourth-order valence-corrected chi connectivity index (χ4v) is 2.70. The average molecular weight is 350 g/mol. The number of hydrogen-bond donors (Lipinski definition) is 0. The van der Waals surface area contributed by atoms with Gasteiger partial charge in [-0.1, -0.05) is 43.1 Å². The first-order chi connectivity index (χ1) is 10.9. The first-order valence-electron chi connectivity index (χ1n) is 7.23. The molecule has 0 aliphatic rings. The number of halogens is 2. The minimum Gasteiger partial charge on any atom is -0.464 e. The highest BCUT2D eigenvalue weighted by atomic mass is 35.5. The Morgan fingerprint density at radius 2 is 1.96 bits per heavy atom. The number of benzene rings is 1. The Labute approximate surface area is 145 Å². The van der Waals surface area contributed by atoms with Crippen LogP contribution >= 0.6 is 23.2 Å². The fourth-order valence-electron chi connectivity index (χ4n) is 2.40. The van der Waals surface area contributed by atoms with Gasteiger partial charge in [0.05, 0.1) is 21.8 Å². The molecule has 0 spiro atoms. The van der Waals surface area contributed by atoms with Crippen molar-refractivity contribution in [2.24, 2.45) is 7.05 Å². The Morgan fingerprint density at radius 1 is 1.17 bits per heavy atom. The molecule has 0 bridgehead atoms. The van der Waals surface area contributed by atoms with E-state index >= 15 is 0 Å². The molecule has 2 heterocycles. The predicted octanol–water partition coefficient (Wildman–Crippen LogP) is 4.63. The van der Waals surface area contributed by atoms with Crippen LogP contribution in [0.2, 0.25) is 10.0 Å². The SMILES string of the molecule is Cn1c(OCC(C)(C)c2ccc(Cl)c(Cl)c2)nc2cnccc21. The van der Waals surface area contributed by atoms with Crippen LogP contribution in [0.4, 0.5) is 0 Å². The zero-order chi connectivity index (χ0) is 16.6. The smallest absolute Gasteiger partial charge is 0.297 e. The van der Waals surface area contributed by atoms with Crippen LogP contribution in [0, 0.1) is 0 Å². The Hall–Kier alpha value is -1.78. The second-order valence-electron chi connectivity index (χ2n) is 6.12. The van der Waals surface area contributed by atoms with Crippen molar-refractivity contribution < 1.29 is 4.74 Å². The average Bonchev–Trinajstić information content (AvgIpc) is 2.85. The van der Waals surface area contributed by atoms with E-state index in [1.807, 2.05) is 35.9 Å². The van der Waals surface area contributed by atoms with Crippen molar-refractivity contribution >= 4 is 34.2 Å². The molecule has 0 atom stereocenters. The summed E-state index contributed by atoms with van der Waals surface area (Å²) in [6, 6.07) is 8.14. The number of fused-ring (bicyclic) bond motifs is 1. The van der Waals surface area contributed by atoms with Gasteiger partial charge in [0.1, 0.15) is 12.1 Å². The van der Waals surface area contributed by atoms with Crippen LogP contribution in [-0.4, -0.2) is 21.1 Å². The molecule has 1 aromatic carbocycles. The summed E-state index contributed by atoms with van der Waals surface area (Å²) >= 11 is 12.1. The number of imidazole rings is 1. The third-order valence-electron chi connectivity index (χ3n) is 3.91. The molecule has 0 N–H and O–H groups in total. The van der Waals surface area contributed by atoms with Crippen molar-refractivity contribution in [1.82, 2.24) is 14.5 Å². The molecule has 120 valence electrons. The lowest BCUT2D eigenvalue weighted by atomic mass is 9.86. The number of aromatic nitrogens is 3. The van der Waals surface area contributed by atoms with Crippen molar-refractivity contribution in [2.75, 3.05) is 6.61 Å². The van der Waals surface area contributed by atoms with Crippen molar-refractivity contribution in [1.29, 1.82) is 0 Å². The summed E-state index contributed by atoms with van der Waals surface area (Å²) in [4.78, 5) is 8.55. The van der Waals surface area contributed by atoms with Crippen molar-refractivity contribution in [2.45, 2.75) is 19.3 Å². The van der Waals surface area contributed by atoms with Crippen LogP contribution in [0.1, 0.15) is 19.4 Å². The maximum Gasteiger partial charge on any atom is 0.297 e. The number of ether oxygens (including phenoxy) is 1. The van der Waals surface area contributed by atoms with E-state index in [9.17, 15) is 0 Å². The molecule has 6 heteroatoms. The highest BCUT2D eigenvalue weighted by molar-refractivity contribution is 6.42. The number of rotatable bonds is 4. The molecule has 0 aliphatic heterocycles. The van der Waals surface area contributed by atoms with Gasteiger partial charge >= 0.3 is 0 Å². The second-order valence-corrected chi connectivity index (χ2v) is 6.93. The largest absolute Gasteiger partial charge is 0.464 e.